The van der Waals surface area contributed by atoms with Gasteiger partial charge in [-0.1, -0.05) is 32.1 Å². The van der Waals surface area contributed by atoms with Crippen LogP contribution in [-0.4, -0.2) is 5.78 Å². The molecule has 2 rings (SSSR count). The van der Waals surface area contributed by atoms with Gasteiger partial charge in [0.2, 0.25) is 0 Å². The van der Waals surface area contributed by atoms with Crippen molar-refractivity contribution in [3.8, 4) is 0 Å². The molecule has 0 saturated heterocycles. The molecule has 74 valence electrons. The van der Waals surface area contributed by atoms with Crippen molar-refractivity contribution in [2.75, 3.05) is 0 Å². The van der Waals surface area contributed by atoms with Crippen molar-refractivity contribution in [3.05, 3.63) is 0 Å². The molecule has 2 saturated carbocycles. The summed E-state index contributed by atoms with van der Waals surface area (Å²) in [5.41, 5.74) is 0. The third kappa shape index (κ3) is 3.13. The number of carbonyl (C=O) groups is 1. The molecule has 2 aliphatic rings. The van der Waals surface area contributed by atoms with Gasteiger partial charge in [-0.25, -0.2) is 0 Å². The molecule has 0 aromatic rings. The van der Waals surface area contributed by atoms with Crippen molar-refractivity contribution in [1.82, 2.24) is 0 Å². The van der Waals surface area contributed by atoms with Crippen molar-refractivity contribution in [2.45, 2.75) is 57.8 Å². The van der Waals surface area contributed by atoms with Crippen LogP contribution in [0.15, 0.2) is 0 Å². The largest absolute Gasteiger partial charge is 0.300 e. The van der Waals surface area contributed by atoms with Crippen LogP contribution in [0.5, 0.6) is 0 Å². The molecule has 0 bridgehead atoms. The zero-order valence-electron chi connectivity index (χ0n) is 8.43. The molecular formula is C12H20O. The molecule has 0 atom stereocenters. The Labute approximate surface area is 80.9 Å². The quantitative estimate of drug-likeness (QED) is 0.648. The second-order valence-electron chi connectivity index (χ2n) is 4.89. The highest BCUT2D eigenvalue weighted by atomic mass is 16.1. The number of rotatable bonds is 4. The molecule has 2 fully saturated rings. The first-order valence-electron chi connectivity index (χ1n) is 5.86. The van der Waals surface area contributed by atoms with Gasteiger partial charge in [-0.3, -0.25) is 4.79 Å². The highest BCUT2D eigenvalue weighted by Crippen LogP contribution is 2.34. The van der Waals surface area contributed by atoms with E-state index in [1.807, 2.05) is 0 Å². The van der Waals surface area contributed by atoms with Gasteiger partial charge in [-0.05, 0) is 24.7 Å². The summed E-state index contributed by atoms with van der Waals surface area (Å²) in [6.07, 6.45) is 11.2. The van der Waals surface area contributed by atoms with Gasteiger partial charge < -0.3 is 0 Å². The van der Waals surface area contributed by atoms with E-state index in [2.05, 4.69) is 0 Å². The van der Waals surface area contributed by atoms with Gasteiger partial charge >= 0.3 is 0 Å². The molecule has 13 heavy (non-hydrogen) atoms. The molecule has 0 aliphatic heterocycles. The molecular weight excluding hydrogens is 160 g/mol. The highest BCUT2D eigenvalue weighted by molar-refractivity contribution is 5.79. The van der Waals surface area contributed by atoms with Crippen molar-refractivity contribution in [3.63, 3.8) is 0 Å². The zero-order valence-corrected chi connectivity index (χ0v) is 8.43. The van der Waals surface area contributed by atoms with E-state index in [0.29, 0.717) is 5.78 Å². The van der Waals surface area contributed by atoms with Gasteiger partial charge in [-0.2, -0.15) is 0 Å². The highest BCUT2D eigenvalue weighted by Gasteiger charge is 2.25. The average molecular weight is 180 g/mol. The van der Waals surface area contributed by atoms with E-state index in [1.165, 1.54) is 44.9 Å². The maximum Gasteiger partial charge on any atom is 0.133 e. The summed E-state index contributed by atoms with van der Waals surface area (Å²) in [5.74, 6) is 2.09. The molecule has 0 aromatic carbocycles. The lowest BCUT2D eigenvalue weighted by Gasteiger charge is -2.20. The van der Waals surface area contributed by atoms with Crippen LogP contribution in [0.4, 0.5) is 0 Å². The van der Waals surface area contributed by atoms with E-state index in [-0.39, 0.29) is 0 Å². The predicted octanol–water partition coefficient (Wildman–Crippen LogP) is 3.33. The van der Waals surface area contributed by atoms with E-state index >= 15 is 0 Å². The van der Waals surface area contributed by atoms with Gasteiger partial charge in [-0.15, -0.1) is 0 Å². The molecule has 1 nitrogen and oxygen atoms in total. The Balaban J connectivity index is 1.66. The van der Waals surface area contributed by atoms with Crippen molar-refractivity contribution in [2.24, 2.45) is 11.8 Å². The monoisotopic (exact) mass is 180 g/mol. The normalized spacial score (nSPS) is 24.6. The van der Waals surface area contributed by atoms with Gasteiger partial charge in [0.05, 0.1) is 0 Å². The Kier molecular flexibility index (Phi) is 3.02. The fourth-order valence-corrected chi connectivity index (χ4v) is 2.44. The van der Waals surface area contributed by atoms with Crippen LogP contribution in [0.25, 0.3) is 0 Å². The molecule has 1 heteroatoms. The third-order valence-corrected chi connectivity index (χ3v) is 3.45. The first-order chi connectivity index (χ1) is 6.34. The predicted molar refractivity (Wildman–Crippen MR) is 53.5 cm³/mol. The minimum Gasteiger partial charge on any atom is -0.300 e. The van der Waals surface area contributed by atoms with Crippen molar-refractivity contribution in [1.29, 1.82) is 0 Å². The van der Waals surface area contributed by atoms with E-state index < -0.39 is 0 Å². The summed E-state index contributed by atoms with van der Waals surface area (Å²) in [4.78, 5) is 11.6. The molecule has 0 spiro atoms. The molecule has 0 aromatic heterocycles. The van der Waals surface area contributed by atoms with Crippen molar-refractivity contribution >= 4 is 5.78 Å². The smallest absolute Gasteiger partial charge is 0.133 e. The SMILES string of the molecule is O=C(CC1CCCCC1)CC1CC1. The summed E-state index contributed by atoms with van der Waals surface area (Å²) < 4.78 is 0. The number of Topliss-reactive ketones (excluding diaryl/α,β-unsaturated/α-hetero) is 1. The average Bonchev–Trinajstić information content (AvgIpc) is 2.90. The molecule has 0 N–H and O–H groups in total. The Morgan fingerprint density at radius 3 is 1.92 bits per heavy atom. The Morgan fingerprint density at radius 2 is 1.38 bits per heavy atom. The second kappa shape index (κ2) is 4.26. The van der Waals surface area contributed by atoms with Crippen molar-refractivity contribution < 1.29 is 4.79 Å². The number of hydrogen-bond donors (Lipinski definition) is 0. The first-order valence-corrected chi connectivity index (χ1v) is 5.86. The fourth-order valence-electron chi connectivity index (χ4n) is 2.44. The third-order valence-electron chi connectivity index (χ3n) is 3.45. The number of ketones is 1. The van der Waals surface area contributed by atoms with Crippen LogP contribution >= 0.6 is 0 Å². The van der Waals surface area contributed by atoms with Crippen LogP contribution in [0, 0.1) is 11.8 Å². The van der Waals surface area contributed by atoms with Gasteiger partial charge in [0.25, 0.3) is 0 Å². The summed E-state index contributed by atoms with van der Waals surface area (Å²) in [6, 6.07) is 0. The maximum absolute atomic E-state index is 11.6. The minimum absolute atomic E-state index is 0.550. The lowest BCUT2D eigenvalue weighted by atomic mass is 9.85. The minimum atomic E-state index is 0.550. The summed E-state index contributed by atoms with van der Waals surface area (Å²) in [5, 5.41) is 0. The topological polar surface area (TPSA) is 17.1 Å². The van der Waals surface area contributed by atoms with Crippen LogP contribution in [0.1, 0.15) is 57.8 Å². The van der Waals surface area contributed by atoms with Crippen LogP contribution in [-0.2, 0) is 4.79 Å². The van der Waals surface area contributed by atoms with E-state index in [9.17, 15) is 4.79 Å². The molecule has 2 aliphatic carbocycles. The lowest BCUT2D eigenvalue weighted by molar-refractivity contribution is -0.120. The second-order valence-corrected chi connectivity index (χ2v) is 4.89. The zero-order chi connectivity index (χ0) is 9.10. The van der Waals surface area contributed by atoms with E-state index in [1.54, 1.807) is 0 Å². The lowest BCUT2D eigenvalue weighted by Crippen LogP contribution is -2.12. The van der Waals surface area contributed by atoms with E-state index in [0.717, 1.165) is 24.7 Å². The maximum atomic E-state index is 11.6. The summed E-state index contributed by atoms with van der Waals surface area (Å²) in [6.45, 7) is 0. The Morgan fingerprint density at radius 1 is 0.846 bits per heavy atom. The molecule has 0 amide bonds. The van der Waals surface area contributed by atoms with Crippen LogP contribution < -0.4 is 0 Å². The summed E-state index contributed by atoms with van der Waals surface area (Å²) in [7, 11) is 0. The molecule has 0 unspecified atom stereocenters. The molecule has 0 heterocycles. The Hall–Kier alpha value is -0.330. The van der Waals surface area contributed by atoms with Crippen LogP contribution in [0.3, 0.4) is 0 Å². The number of hydrogen-bond acceptors (Lipinski definition) is 1. The van der Waals surface area contributed by atoms with Gasteiger partial charge in [0.15, 0.2) is 0 Å². The molecule has 0 radical (unpaired) electrons. The van der Waals surface area contributed by atoms with Gasteiger partial charge in [0.1, 0.15) is 5.78 Å². The van der Waals surface area contributed by atoms with Crippen LogP contribution in [0.2, 0.25) is 0 Å². The Bertz CT molecular complexity index is 176. The fraction of sp³-hybridized carbons (Fsp3) is 0.917. The number of carbonyl (C=O) groups excluding carboxylic acids is 1. The van der Waals surface area contributed by atoms with Gasteiger partial charge in [0, 0.05) is 12.8 Å². The first kappa shape index (κ1) is 9.23. The summed E-state index contributed by atoms with van der Waals surface area (Å²) >= 11 is 0. The standard InChI is InChI=1S/C12H20O/c13-12(9-11-6-7-11)8-10-4-2-1-3-5-10/h10-11H,1-9H2. The van der Waals surface area contributed by atoms with E-state index in [4.69, 9.17) is 0 Å².